The maximum atomic E-state index is 13.1. The van der Waals surface area contributed by atoms with Gasteiger partial charge < -0.3 is 33.8 Å². The lowest BCUT2D eigenvalue weighted by Gasteiger charge is -2.21. The predicted molar refractivity (Wildman–Crippen MR) is 391 cm³/mol. The Bertz CT molecular complexity index is 1870. The van der Waals surface area contributed by atoms with Crippen LogP contribution in [0.15, 0.2) is 0 Å². The molecule has 0 fully saturated rings. The molecular formula is C77H150O17P2. The Morgan fingerprint density at radius 1 is 0.302 bits per heavy atom. The number of hydrogen-bond acceptors (Lipinski definition) is 15. The molecule has 0 saturated heterocycles. The van der Waals surface area contributed by atoms with Crippen LogP contribution >= 0.6 is 15.6 Å². The summed E-state index contributed by atoms with van der Waals surface area (Å²) in [5.41, 5.74) is 0. The summed E-state index contributed by atoms with van der Waals surface area (Å²) in [6, 6.07) is 0. The van der Waals surface area contributed by atoms with Crippen molar-refractivity contribution in [1.29, 1.82) is 0 Å². The number of aliphatic hydroxyl groups excluding tert-OH is 1. The third-order valence-corrected chi connectivity index (χ3v) is 20.1. The summed E-state index contributed by atoms with van der Waals surface area (Å²) in [4.78, 5) is 72.8. The van der Waals surface area contributed by atoms with Crippen LogP contribution in [0.3, 0.4) is 0 Å². The number of phosphoric acid groups is 2. The fraction of sp³-hybridized carbons (Fsp3) is 0.948. The van der Waals surface area contributed by atoms with Crippen molar-refractivity contribution in [1.82, 2.24) is 0 Å². The van der Waals surface area contributed by atoms with Gasteiger partial charge >= 0.3 is 39.5 Å². The summed E-state index contributed by atoms with van der Waals surface area (Å²) in [5, 5.41) is 10.6. The van der Waals surface area contributed by atoms with Crippen molar-refractivity contribution in [3.8, 4) is 0 Å². The Balaban J connectivity index is 5.22. The van der Waals surface area contributed by atoms with Crippen LogP contribution in [0.2, 0.25) is 0 Å². The first-order chi connectivity index (χ1) is 46.3. The van der Waals surface area contributed by atoms with Crippen LogP contribution in [0.4, 0.5) is 0 Å². The Morgan fingerprint density at radius 3 is 0.792 bits per heavy atom. The van der Waals surface area contributed by atoms with Crippen molar-refractivity contribution in [2.24, 2.45) is 17.8 Å². The zero-order valence-corrected chi connectivity index (χ0v) is 64.6. The van der Waals surface area contributed by atoms with Gasteiger partial charge in [-0.25, -0.2) is 9.13 Å². The number of phosphoric ester groups is 2. The van der Waals surface area contributed by atoms with E-state index in [1.54, 1.807) is 0 Å². The van der Waals surface area contributed by atoms with Crippen LogP contribution in [0, 0.1) is 17.8 Å². The highest BCUT2D eigenvalue weighted by Gasteiger charge is 2.30. The number of rotatable bonds is 75. The van der Waals surface area contributed by atoms with Gasteiger partial charge in [-0.2, -0.15) is 0 Å². The van der Waals surface area contributed by atoms with E-state index in [-0.39, 0.29) is 25.7 Å². The molecule has 17 nitrogen and oxygen atoms in total. The topological polar surface area (TPSA) is 237 Å². The van der Waals surface area contributed by atoms with E-state index in [1.807, 2.05) is 0 Å². The highest BCUT2D eigenvalue weighted by molar-refractivity contribution is 7.47. The third-order valence-electron chi connectivity index (χ3n) is 18.2. The van der Waals surface area contributed by atoms with Gasteiger partial charge in [0.05, 0.1) is 26.4 Å². The van der Waals surface area contributed by atoms with Gasteiger partial charge in [-0.15, -0.1) is 0 Å². The van der Waals surface area contributed by atoms with E-state index >= 15 is 0 Å². The summed E-state index contributed by atoms with van der Waals surface area (Å²) < 4.78 is 68.5. The first-order valence-corrected chi connectivity index (χ1v) is 42.9. The van der Waals surface area contributed by atoms with Crippen molar-refractivity contribution in [2.75, 3.05) is 39.6 Å². The number of ether oxygens (including phenoxy) is 4. The summed E-state index contributed by atoms with van der Waals surface area (Å²) >= 11 is 0. The molecule has 0 radical (unpaired) electrons. The maximum Gasteiger partial charge on any atom is 0.472 e. The predicted octanol–water partition coefficient (Wildman–Crippen LogP) is 22.6. The molecule has 0 saturated carbocycles. The lowest BCUT2D eigenvalue weighted by atomic mass is 9.99. The summed E-state index contributed by atoms with van der Waals surface area (Å²) in [7, 11) is -9.91. The molecule has 0 aliphatic carbocycles. The molecule has 0 aromatic carbocycles. The largest absolute Gasteiger partial charge is 0.472 e. The molecule has 96 heavy (non-hydrogen) atoms. The summed E-state index contributed by atoms with van der Waals surface area (Å²) in [6.45, 7) is 11.9. The second-order valence-corrected chi connectivity index (χ2v) is 31.8. The van der Waals surface area contributed by atoms with Gasteiger partial charge in [-0.1, -0.05) is 344 Å². The number of carbonyl (C=O) groups is 4. The molecule has 3 unspecified atom stereocenters. The van der Waals surface area contributed by atoms with Crippen LogP contribution in [0.1, 0.15) is 395 Å². The standard InChI is InChI=1S/C77H150O17P2/c1-8-10-11-12-13-14-30-37-44-51-58-74(79)87-65-73(94-77(82)61-54-47-40-33-35-42-49-56-69(5)6)67-92-96(85,86)90-63-71(78)62-89-95(83,84)91-66-72(93-76(81)60-53-46-39-32-27-23-17-15-16-20-24-28-34-41-48-55-68(3)4)64-88-75(80)59-52-45-38-31-26-22-19-18-21-25-29-36-43-50-57-70(7)9-2/h68-73,78H,8-67H2,1-7H3,(H,83,84)(H,85,86)/t70?,71-,72-,73-/m1/s1. The van der Waals surface area contributed by atoms with E-state index in [2.05, 4.69) is 48.5 Å². The third kappa shape index (κ3) is 69.2. The highest BCUT2D eigenvalue weighted by Crippen LogP contribution is 2.45. The molecule has 0 rings (SSSR count). The monoisotopic (exact) mass is 1410 g/mol. The van der Waals surface area contributed by atoms with Gasteiger partial charge in [0.1, 0.15) is 19.3 Å². The van der Waals surface area contributed by atoms with Crippen LogP contribution in [-0.4, -0.2) is 96.7 Å². The molecule has 570 valence electrons. The van der Waals surface area contributed by atoms with Crippen molar-refractivity contribution in [2.45, 2.75) is 414 Å². The lowest BCUT2D eigenvalue weighted by molar-refractivity contribution is -0.161. The fourth-order valence-electron chi connectivity index (χ4n) is 11.7. The van der Waals surface area contributed by atoms with Gasteiger partial charge in [0.15, 0.2) is 12.2 Å². The SMILES string of the molecule is CCCCCCCCCCCCC(=O)OC[C@H](COP(=O)(O)OC[C@H](O)COP(=O)(O)OC[C@@H](COC(=O)CCCCCCCCCCCCCCCCC(C)CC)OC(=O)CCCCCCCCCCCCCCCCCC(C)C)OC(=O)CCCCCCCCCC(C)C. The average molecular weight is 1410 g/mol. The van der Waals surface area contributed by atoms with E-state index in [9.17, 15) is 43.2 Å². The van der Waals surface area contributed by atoms with Gasteiger partial charge in [0.2, 0.25) is 0 Å². The molecular weight excluding hydrogens is 1260 g/mol. The average Bonchev–Trinajstić information content (AvgIpc) is 1.14. The molecule has 19 heteroatoms. The van der Waals surface area contributed by atoms with Crippen molar-refractivity contribution >= 4 is 39.5 Å². The molecule has 0 bridgehead atoms. The number of esters is 4. The molecule has 0 amide bonds. The Morgan fingerprint density at radius 2 is 0.531 bits per heavy atom. The van der Waals surface area contributed by atoms with Crippen molar-refractivity contribution < 1.29 is 80.2 Å². The number of carbonyl (C=O) groups excluding carboxylic acids is 4. The van der Waals surface area contributed by atoms with Crippen LogP contribution in [-0.2, 0) is 65.4 Å². The Hall–Kier alpha value is -1.94. The second-order valence-electron chi connectivity index (χ2n) is 28.9. The molecule has 0 aromatic heterocycles. The Kier molecular flexibility index (Phi) is 66.2. The Labute approximate surface area is 588 Å². The van der Waals surface area contributed by atoms with Crippen molar-refractivity contribution in [3.63, 3.8) is 0 Å². The number of aliphatic hydroxyl groups is 1. The highest BCUT2D eigenvalue weighted by atomic mass is 31.2. The molecule has 0 aliphatic rings. The second kappa shape index (κ2) is 67.5. The van der Waals surface area contributed by atoms with Gasteiger partial charge in [0, 0.05) is 25.7 Å². The summed E-state index contributed by atoms with van der Waals surface area (Å²) in [6.07, 6.45) is 54.1. The maximum absolute atomic E-state index is 13.1. The molecule has 0 spiro atoms. The normalized spacial score (nSPS) is 14.3. The van der Waals surface area contributed by atoms with E-state index in [0.717, 1.165) is 102 Å². The molecule has 6 atom stereocenters. The van der Waals surface area contributed by atoms with E-state index in [4.69, 9.17) is 37.0 Å². The van der Waals surface area contributed by atoms with Crippen LogP contribution in [0.5, 0.6) is 0 Å². The molecule has 3 N–H and O–H groups in total. The zero-order valence-electron chi connectivity index (χ0n) is 62.8. The molecule has 0 aliphatic heterocycles. The van der Waals surface area contributed by atoms with E-state index < -0.39 is 97.5 Å². The molecule has 0 aromatic rings. The number of unbranched alkanes of at least 4 members (excludes halogenated alkanes) is 42. The van der Waals surface area contributed by atoms with Crippen molar-refractivity contribution in [3.05, 3.63) is 0 Å². The van der Waals surface area contributed by atoms with Gasteiger partial charge in [0.25, 0.3) is 0 Å². The van der Waals surface area contributed by atoms with Crippen LogP contribution < -0.4 is 0 Å². The van der Waals surface area contributed by atoms with Gasteiger partial charge in [-0.05, 0) is 43.4 Å². The lowest BCUT2D eigenvalue weighted by Crippen LogP contribution is -2.30. The summed E-state index contributed by atoms with van der Waals surface area (Å²) in [5.74, 6) is 0.230. The molecule has 0 heterocycles. The van der Waals surface area contributed by atoms with E-state index in [1.165, 1.54) is 205 Å². The minimum Gasteiger partial charge on any atom is -0.462 e. The quantitative estimate of drug-likeness (QED) is 0.0222. The fourth-order valence-corrected chi connectivity index (χ4v) is 13.3. The minimum absolute atomic E-state index is 0.104. The smallest absolute Gasteiger partial charge is 0.462 e. The number of hydrogen-bond donors (Lipinski definition) is 3. The van der Waals surface area contributed by atoms with E-state index in [0.29, 0.717) is 31.6 Å². The van der Waals surface area contributed by atoms with Gasteiger partial charge in [-0.3, -0.25) is 37.3 Å². The zero-order chi connectivity index (χ0) is 70.9. The minimum atomic E-state index is -4.96. The van der Waals surface area contributed by atoms with Crippen LogP contribution in [0.25, 0.3) is 0 Å². The first-order valence-electron chi connectivity index (χ1n) is 39.9. The first kappa shape index (κ1) is 94.1.